The molecule has 2 atom stereocenters. The van der Waals surface area contributed by atoms with E-state index in [1.54, 1.807) is 0 Å². The van der Waals surface area contributed by atoms with E-state index in [0.717, 1.165) is 0 Å². The molecule has 0 aliphatic heterocycles. The van der Waals surface area contributed by atoms with Gasteiger partial charge >= 0.3 is 11.9 Å². The molecule has 0 heterocycles. The molecule has 19 heavy (non-hydrogen) atoms. The SMILES string of the molecule is CC(=O)OC(C)OC(=O)C(CC(C)C)NC(=O)CO. The van der Waals surface area contributed by atoms with Gasteiger partial charge in [0, 0.05) is 13.8 Å². The molecule has 0 saturated carbocycles. The van der Waals surface area contributed by atoms with Crippen LogP contribution in [0.25, 0.3) is 0 Å². The summed E-state index contributed by atoms with van der Waals surface area (Å²) in [6.45, 7) is 5.65. The highest BCUT2D eigenvalue weighted by Crippen LogP contribution is 2.08. The minimum atomic E-state index is -1.02. The van der Waals surface area contributed by atoms with Crippen molar-refractivity contribution >= 4 is 17.8 Å². The number of rotatable bonds is 7. The quantitative estimate of drug-likeness (QED) is 0.499. The van der Waals surface area contributed by atoms with Gasteiger partial charge < -0.3 is 19.9 Å². The molecule has 7 heteroatoms. The molecular formula is C12H21NO6. The highest BCUT2D eigenvalue weighted by molar-refractivity contribution is 5.85. The molecule has 0 aromatic heterocycles. The van der Waals surface area contributed by atoms with Gasteiger partial charge in [-0.15, -0.1) is 0 Å². The van der Waals surface area contributed by atoms with Crippen molar-refractivity contribution in [2.24, 2.45) is 5.92 Å². The Hall–Kier alpha value is -1.63. The number of aliphatic hydroxyl groups is 1. The molecule has 0 fully saturated rings. The van der Waals surface area contributed by atoms with E-state index in [-0.39, 0.29) is 5.92 Å². The third kappa shape index (κ3) is 8.15. The van der Waals surface area contributed by atoms with Crippen LogP contribution in [-0.4, -0.2) is 41.9 Å². The van der Waals surface area contributed by atoms with E-state index < -0.39 is 36.8 Å². The standard InChI is InChI=1S/C12H21NO6/c1-7(2)5-10(13-11(16)6-14)12(17)19-9(4)18-8(3)15/h7,9-10,14H,5-6H2,1-4H3,(H,13,16). The fourth-order valence-corrected chi connectivity index (χ4v) is 1.43. The Morgan fingerprint density at radius 1 is 1.16 bits per heavy atom. The van der Waals surface area contributed by atoms with E-state index in [1.165, 1.54) is 13.8 Å². The lowest BCUT2D eigenvalue weighted by Crippen LogP contribution is -2.45. The second-order valence-electron chi connectivity index (χ2n) is 4.52. The third-order valence-corrected chi connectivity index (χ3v) is 2.08. The molecule has 110 valence electrons. The molecule has 0 bridgehead atoms. The van der Waals surface area contributed by atoms with Gasteiger partial charge in [-0.2, -0.15) is 0 Å². The molecule has 2 N–H and O–H groups in total. The number of ether oxygens (including phenoxy) is 2. The monoisotopic (exact) mass is 275 g/mol. The number of nitrogens with one attached hydrogen (secondary N) is 1. The number of carbonyl (C=O) groups is 3. The van der Waals surface area contributed by atoms with Gasteiger partial charge in [-0.3, -0.25) is 9.59 Å². The summed E-state index contributed by atoms with van der Waals surface area (Å²) in [5.41, 5.74) is 0. The van der Waals surface area contributed by atoms with Crippen molar-refractivity contribution in [2.75, 3.05) is 6.61 Å². The van der Waals surface area contributed by atoms with Crippen LogP contribution >= 0.6 is 0 Å². The normalized spacial score (nSPS) is 13.6. The molecular weight excluding hydrogens is 254 g/mol. The van der Waals surface area contributed by atoms with E-state index >= 15 is 0 Å². The van der Waals surface area contributed by atoms with Gasteiger partial charge in [0.05, 0.1) is 0 Å². The lowest BCUT2D eigenvalue weighted by molar-refractivity contribution is -0.185. The number of esters is 2. The Morgan fingerprint density at radius 3 is 2.16 bits per heavy atom. The zero-order valence-electron chi connectivity index (χ0n) is 11.6. The number of amides is 1. The summed E-state index contributed by atoms with van der Waals surface area (Å²) in [5.74, 6) is -1.80. The first kappa shape index (κ1) is 17.4. The maximum absolute atomic E-state index is 11.8. The van der Waals surface area contributed by atoms with Crippen molar-refractivity contribution in [3.63, 3.8) is 0 Å². The lowest BCUT2D eigenvalue weighted by Gasteiger charge is -2.21. The van der Waals surface area contributed by atoms with Crippen LogP contribution in [0.5, 0.6) is 0 Å². The van der Waals surface area contributed by atoms with Crippen molar-refractivity contribution in [1.29, 1.82) is 0 Å². The van der Waals surface area contributed by atoms with Crippen LogP contribution in [0.2, 0.25) is 0 Å². The minimum absolute atomic E-state index is 0.139. The Morgan fingerprint density at radius 2 is 1.74 bits per heavy atom. The minimum Gasteiger partial charge on any atom is -0.426 e. The highest BCUT2D eigenvalue weighted by atomic mass is 16.7. The summed E-state index contributed by atoms with van der Waals surface area (Å²) in [5, 5.41) is 11.0. The van der Waals surface area contributed by atoms with Gasteiger partial charge in [-0.25, -0.2) is 4.79 Å². The average Bonchev–Trinajstić information content (AvgIpc) is 2.25. The molecule has 0 aromatic carbocycles. The number of carbonyl (C=O) groups excluding carboxylic acids is 3. The summed E-state index contributed by atoms with van der Waals surface area (Å²) in [7, 11) is 0. The molecule has 1 amide bonds. The van der Waals surface area contributed by atoms with Gasteiger partial charge in [-0.05, 0) is 12.3 Å². The molecule has 0 aromatic rings. The van der Waals surface area contributed by atoms with E-state index in [9.17, 15) is 14.4 Å². The fourth-order valence-electron chi connectivity index (χ4n) is 1.43. The van der Waals surface area contributed by atoms with Crippen molar-refractivity contribution < 1.29 is 29.0 Å². The molecule has 0 saturated heterocycles. The maximum atomic E-state index is 11.8. The van der Waals surface area contributed by atoms with Gasteiger partial charge in [-0.1, -0.05) is 13.8 Å². The summed E-state index contributed by atoms with van der Waals surface area (Å²) < 4.78 is 9.55. The molecule has 7 nitrogen and oxygen atoms in total. The van der Waals surface area contributed by atoms with Gasteiger partial charge in [0.25, 0.3) is 0 Å². The molecule has 2 unspecified atom stereocenters. The highest BCUT2D eigenvalue weighted by Gasteiger charge is 2.25. The largest absolute Gasteiger partial charge is 0.426 e. The Bertz CT molecular complexity index is 328. The van der Waals surface area contributed by atoms with Crippen LogP contribution in [0.15, 0.2) is 0 Å². The average molecular weight is 275 g/mol. The van der Waals surface area contributed by atoms with Crippen molar-refractivity contribution in [2.45, 2.75) is 46.4 Å². The van der Waals surface area contributed by atoms with Crippen LogP contribution in [0.1, 0.15) is 34.1 Å². The summed E-state index contributed by atoms with van der Waals surface area (Å²) in [6, 6.07) is -0.877. The summed E-state index contributed by atoms with van der Waals surface area (Å²) in [6.07, 6.45) is -0.664. The first-order valence-corrected chi connectivity index (χ1v) is 6.04. The Labute approximate surface area is 112 Å². The van der Waals surface area contributed by atoms with E-state index in [0.29, 0.717) is 6.42 Å². The second kappa shape index (κ2) is 8.47. The number of hydrogen-bond donors (Lipinski definition) is 2. The predicted octanol–water partition coefficient (Wildman–Crippen LogP) is -0.0381. The van der Waals surface area contributed by atoms with Crippen LogP contribution in [0.3, 0.4) is 0 Å². The van der Waals surface area contributed by atoms with Gasteiger partial charge in [0.1, 0.15) is 12.6 Å². The third-order valence-electron chi connectivity index (χ3n) is 2.08. The van der Waals surface area contributed by atoms with E-state index in [1.807, 2.05) is 13.8 Å². The van der Waals surface area contributed by atoms with E-state index in [2.05, 4.69) is 10.1 Å². The molecule has 0 aliphatic carbocycles. The van der Waals surface area contributed by atoms with Crippen LogP contribution in [0, 0.1) is 5.92 Å². The maximum Gasteiger partial charge on any atom is 0.331 e. The molecule has 0 spiro atoms. The fraction of sp³-hybridized carbons (Fsp3) is 0.750. The second-order valence-corrected chi connectivity index (χ2v) is 4.52. The van der Waals surface area contributed by atoms with Gasteiger partial charge in [0.15, 0.2) is 0 Å². The molecule has 0 radical (unpaired) electrons. The zero-order chi connectivity index (χ0) is 15.0. The lowest BCUT2D eigenvalue weighted by atomic mass is 10.0. The topological polar surface area (TPSA) is 102 Å². The summed E-state index contributed by atoms with van der Waals surface area (Å²) in [4.78, 5) is 33.6. The van der Waals surface area contributed by atoms with Crippen LogP contribution in [0.4, 0.5) is 0 Å². The summed E-state index contributed by atoms with van der Waals surface area (Å²) >= 11 is 0. The smallest absolute Gasteiger partial charge is 0.331 e. The van der Waals surface area contributed by atoms with Crippen molar-refractivity contribution in [1.82, 2.24) is 5.32 Å². The van der Waals surface area contributed by atoms with E-state index in [4.69, 9.17) is 9.84 Å². The number of hydrogen-bond acceptors (Lipinski definition) is 6. The van der Waals surface area contributed by atoms with Crippen LogP contribution in [-0.2, 0) is 23.9 Å². The first-order valence-electron chi connectivity index (χ1n) is 6.04. The predicted molar refractivity (Wildman–Crippen MR) is 65.8 cm³/mol. The first-order chi connectivity index (χ1) is 8.76. The molecule has 0 aliphatic rings. The zero-order valence-corrected chi connectivity index (χ0v) is 11.6. The Kier molecular flexibility index (Phi) is 7.74. The van der Waals surface area contributed by atoms with Crippen LogP contribution < -0.4 is 5.32 Å². The van der Waals surface area contributed by atoms with Gasteiger partial charge in [0.2, 0.25) is 12.2 Å². The number of aliphatic hydroxyl groups excluding tert-OH is 1. The molecule has 0 rings (SSSR count). The van der Waals surface area contributed by atoms with Crippen molar-refractivity contribution in [3.05, 3.63) is 0 Å². The Balaban J connectivity index is 4.52. The van der Waals surface area contributed by atoms with Crippen molar-refractivity contribution in [3.8, 4) is 0 Å².